The lowest BCUT2D eigenvalue weighted by Gasteiger charge is -2.16. The number of anilines is 1. The number of rotatable bonds is 2. The van der Waals surface area contributed by atoms with Gasteiger partial charge in [-0.15, -0.1) is 0 Å². The van der Waals surface area contributed by atoms with Crippen LogP contribution in [0.2, 0.25) is 0 Å². The van der Waals surface area contributed by atoms with Crippen molar-refractivity contribution in [3.8, 4) is 11.1 Å². The summed E-state index contributed by atoms with van der Waals surface area (Å²) in [6.07, 6.45) is 3.65. The number of carbonyl (C=O) groups is 1. The quantitative estimate of drug-likeness (QED) is 0.670. The highest BCUT2D eigenvalue weighted by molar-refractivity contribution is 7.91. The summed E-state index contributed by atoms with van der Waals surface area (Å²) in [6.45, 7) is 3.90. The molecular formula is C21H20N4O3S. The van der Waals surface area contributed by atoms with Crippen molar-refractivity contribution in [2.75, 3.05) is 5.73 Å². The molecule has 1 unspecified atom stereocenters. The van der Waals surface area contributed by atoms with Crippen LogP contribution in [0.15, 0.2) is 52.5 Å². The molecule has 2 heterocycles. The van der Waals surface area contributed by atoms with Crippen molar-refractivity contribution in [3.63, 3.8) is 0 Å². The number of carbonyl (C=O) groups excluding carboxylic acids is 1. The Labute approximate surface area is 168 Å². The van der Waals surface area contributed by atoms with E-state index in [-0.39, 0.29) is 21.7 Å². The third-order valence-electron chi connectivity index (χ3n) is 5.32. The van der Waals surface area contributed by atoms with Gasteiger partial charge >= 0.3 is 0 Å². The van der Waals surface area contributed by atoms with Crippen molar-refractivity contribution in [2.24, 2.45) is 5.73 Å². The molecule has 1 atom stereocenters. The zero-order valence-electron chi connectivity index (χ0n) is 16.0. The number of aromatic nitrogens is 2. The number of amides is 1. The van der Waals surface area contributed by atoms with E-state index in [0.29, 0.717) is 23.1 Å². The normalized spacial score (nSPS) is 17.1. The minimum atomic E-state index is -3.79. The number of nitrogens with zero attached hydrogens (tertiary/aromatic N) is 2. The lowest BCUT2D eigenvalue weighted by Crippen LogP contribution is -2.12. The van der Waals surface area contributed by atoms with Crippen molar-refractivity contribution in [1.82, 2.24) is 9.97 Å². The molecule has 29 heavy (non-hydrogen) atoms. The zero-order chi connectivity index (χ0) is 20.9. The third kappa shape index (κ3) is 3.15. The fourth-order valence-electron chi connectivity index (χ4n) is 3.83. The second-order valence-electron chi connectivity index (χ2n) is 7.33. The molecule has 148 valence electrons. The van der Waals surface area contributed by atoms with Crippen LogP contribution in [0, 0.1) is 6.92 Å². The first-order valence-electron chi connectivity index (χ1n) is 9.08. The topological polar surface area (TPSA) is 129 Å². The Morgan fingerprint density at radius 1 is 1.10 bits per heavy atom. The number of aryl methyl sites for hydroxylation is 1. The maximum atomic E-state index is 13.5. The molecule has 3 aromatic rings. The van der Waals surface area contributed by atoms with Gasteiger partial charge in [0.25, 0.3) is 0 Å². The maximum absolute atomic E-state index is 13.5. The van der Waals surface area contributed by atoms with Gasteiger partial charge in [-0.2, -0.15) is 0 Å². The van der Waals surface area contributed by atoms with E-state index in [1.54, 1.807) is 24.5 Å². The predicted molar refractivity (Wildman–Crippen MR) is 109 cm³/mol. The van der Waals surface area contributed by atoms with Gasteiger partial charge in [0.1, 0.15) is 0 Å². The van der Waals surface area contributed by atoms with Crippen LogP contribution in [-0.2, 0) is 16.3 Å². The largest absolute Gasteiger partial charge is 0.368 e. The van der Waals surface area contributed by atoms with E-state index in [2.05, 4.69) is 9.97 Å². The molecule has 7 nitrogen and oxygen atoms in total. The number of sulfone groups is 1. The molecule has 1 aliphatic rings. The molecule has 0 saturated heterocycles. The van der Waals surface area contributed by atoms with Gasteiger partial charge in [-0.25, -0.2) is 18.4 Å². The smallest absolute Gasteiger partial charge is 0.248 e. The molecule has 0 aliphatic carbocycles. The minimum Gasteiger partial charge on any atom is -0.368 e. The Hall–Kier alpha value is -3.26. The van der Waals surface area contributed by atoms with E-state index in [4.69, 9.17) is 11.5 Å². The first-order chi connectivity index (χ1) is 13.7. The highest BCUT2D eigenvalue weighted by atomic mass is 32.2. The monoisotopic (exact) mass is 408 g/mol. The second kappa shape index (κ2) is 6.66. The fourth-order valence-corrected chi connectivity index (χ4v) is 5.64. The number of primary amides is 1. The van der Waals surface area contributed by atoms with Crippen molar-refractivity contribution in [3.05, 3.63) is 65.0 Å². The summed E-state index contributed by atoms with van der Waals surface area (Å²) in [5, 5.41) is 0. The van der Waals surface area contributed by atoms with Gasteiger partial charge in [-0.05, 0) is 65.8 Å². The molecule has 1 aliphatic heterocycles. The van der Waals surface area contributed by atoms with Crippen LogP contribution < -0.4 is 11.5 Å². The lowest BCUT2D eigenvalue weighted by atomic mass is 9.90. The third-order valence-corrected chi connectivity index (χ3v) is 7.23. The Morgan fingerprint density at radius 3 is 2.45 bits per heavy atom. The van der Waals surface area contributed by atoms with Crippen LogP contribution in [0.4, 0.5) is 5.95 Å². The molecule has 4 rings (SSSR count). The summed E-state index contributed by atoms with van der Waals surface area (Å²) < 4.78 is 27.0. The average molecular weight is 408 g/mol. The SMILES string of the molecule is Cc1cc2c(cc1-c1cnc(N)nc1)S(=O)(=O)c1ccc(C(N)=O)cc1CC2C. The van der Waals surface area contributed by atoms with Gasteiger partial charge in [-0.1, -0.05) is 13.0 Å². The van der Waals surface area contributed by atoms with Gasteiger partial charge in [-0.3, -0.25) is 4.79 Å². The fraction of sp³-hybridized carbons (Fsp3) is 0.190. The van der Waals surface area contributed by atoms with Crippen LogP contribution in [0.1, 0.15) is 39.9 Å². The standard InChI is InChI=1S/C21H20N4O3S/c1-11-5-14-7-13(20(22)26)3-4-18(14)29(27,28)19-8-16(12(2)6-17(11)19)15-9-24-21(23)25-10-15/h3-4,6-11H,5H2,1-2H3,(H2,22,26)(H2,23,24,25). The van der Waals surface area contributed by atoms with Gasteiger partial charge in [0.15, 0.2) is 0 Å². The Kier molecular flexibility index (Phi) is 4.38. The Morgan fingerprint density at radius 2 is 1.79 bits per heavy atom. The number of hydrogen-bond acceptors (Lipinski definition) is 6. The molecule has 0 bridgehead atoms. The van der Waals surface area contributed by atoms with Gasteiger partial charge in [0.05, 0.1) is 9.79 Å². The van der Waals surface area contributed by atoms with Gasteiger partial charge in [0, 0.05) is 23.5 Å². The molecule has 0 radical (unpaired) electrons. The molecule has 0 saturated carbocycles. The van der Waals surface area contributed by atoms with Gasteiger partial charge in [0.2, 0.25) is 21.7 Å². The summed E-state index contributed by atoms with van der Waals surface area (Å²) in [5.41, 5.74) is 14.9. The van der Waals surface area contributed by atoms with Crippen LogP contribution in [-0.4, -0.2) is 24.3 Å². The first kappa shape index (κ1) is 19.1. The lowest BCUT2D eigenvalue weighted by molar-refractivity contribution is 0.1000. The number of hydrogen-bond donors (Lipinski definition) is 2. The highest BCUT2D eigenvalue weighted by Crippen LogP contribution is 2.40. The molecule has 0 fully saturated rings. The van der Waals surface area contributed by atoms with E-state index in [0.717, 1.165) is 16.7 Å². The van der Waals surface area contributed by atoms with Crippen LogP contribution in [0.5, 0.6) is 0 Å². The molecule has 1 aromatic heterocycles. The molecular weight excluding hydrogens is 388 g/mol. The molecule has 0 spiro atoms. The molecule has 1 amide bonds. The van der Waals surface area contributed by atoms with Crippen LogP contribution >= 0.6 is 0 Å². The van der Waals surface area contributed by atoms with E-state index in [1.807, 2.05) is 19.9 Å². The van der Waals surface area contributed by atoms with Crippen LogP contribution in [0.3, 0.4) is 0 Å². The minimum absolute atomic E-state index is 0.0560. The van der Waals surface area contributed by atoms with E-state index >= 15 is 0 Å². The summed E-state index contributed by atoms with van der Waals surface area (Å²) in [4.78, 5) is 20.0. The van der Waals surface area contributed by atoms with Crippen molar-refractivity contribution in [2.45, 2.75) is 36.0 Å². The number of fused-ring (bicyclic) bond motifs is 2. The maximum Gasteiger partial charge on any atom is 0.248 e. The summed E-state index contributed by atoms with van der Waals surface area (Å²) in [5.74, 6) is -0.484. The van der Waals surface area contributed by atoms with E-state index < -0.39 is 15.7 Å². The zero-order valence-corrected chi connectivity index (χ0v) is 16.8. The molecule has 8 heteroatoms. The van der Waals surface area contributed by atoms with Crippen molar-refractivity contribution in [1.29, 1.82) is 0 Å². The number of nitrogen functional groups attached to an aromatic ring is 1. The van der Waals surface area contributed by atoms with Crippen LogP contribution in [0.25, 0.3) is 11.1 Å². The van der Waals surface area contributed by atoms with E-state index in [9.17, 15) is 13.2 Å². The Balaban J connectivity index is 1.96. The van der Waals surface area contributed by atoms with Crippen molar-refractivity contribution >= 4 is 21.7 Å². The van der Waals surface area contributed by atoms with E-state index in [1.165, 1.54) is 12.1 Å². The number of benzene rings is 2. The second-order valence-corrected chi connectivity index (χ2v) is 9.22. The first-order valence-corrected chi connectivity index (χ1v) is 10.6. The highest BCUT2D eigenvalue weighted by Gasteiger charge is 2.32. The molecule has 2 aromatic carbocycles. The Bertz CT molecular complexity index is 1250. The predicted octanol–water partition coefficient (Wildman–Crippen LogP) is 2.63. The van der Waals surface area contributed by atoms with Gasteiger partial charge < -0.3 is 11.5 Å². The summed E-state index contributed by atoms with van der Waals surface area (Å²) in [6, 6.07) is 8.10. The average Bonchev–Trinajstić information content (AvgIpc) is 2.75. The number of nitrogens with two attached hydrogens (primary N) is 2. The summed E-state index contributed by atoms with van der Waals surface area (Å²) >= 11 is 0. The molecule has 4 N–H and O–H groups in total. The van der Waals surface area contributed by atoms with Crippen molar-refractivity contribution < 1.29 is 13.2 Å². The summed E-state index contributed by atoms with van der Waals surface area (Å²) in [7, 11) is -3.79.